The fraction of sp³-hybridized carbons (Fsp3) is 0.333. The molecule has 2 atom stereocenters. The Morgan fingerprint density at radius 3 is 2.23 bits per heavy atom. The van der Waals surface area contributed by atoms with Crippen LogP contribution in [0.2, 0.25) is 15.1 Å². The Morgan fingerprint density at radius 1 is 0.967 bits per heavy atom. The van der Waals surface area contributed by atoms with Crippen molar-refractivity contribution in [2.75, 3.05) is 5.32 Å². The van der Waals surface area contributed by atoms with Gasteiger partial charge in [-0.3, -0.25) is 9.59 Å². The Morgan fingerprint density at radius 2 is 1.63 bits per heavy atom. The van der Waals surface area contributed by atoms with Crippen LogP contribution in [0.25, 0.3) is 0 Å². The second-order valence-corrected chi connectivity index (χ2v) is 10.3. The third-order valence-electron chi connectivity index (χ3n) is 5.50. The fourth-order valence-corrected chi connectivity index (χ4v) is 5.21. The number of rotatable bonds is 5. The van der Waals surface area contributed by atoms with Crippen molar-refractivity contribution in [2.24, 2.45) is 5.92 Å². The molecule has 158 valence electrons. The van der Waals surface area contributed by atoms with E-state index in [1.165, 1.54) is 0 Å². The molecule has 2 aromatic rings. The summed E-state index contributed by atoms with van der Waals surface area (Å²) in [6.07, 6.45) is 3.03. The first-order chi connectivity index (χ1) is 14.2. The van der Waals surface area contributed by atoms with Gasteiger partial charge in [0.05, 0.1) is 16.5 Å². The van der Waals surface area contributed by atoms with Gasteiger partial charge in [0.1, 0.15) is 4.33 Å². The Hall–Kier alpha value is -1.17. The standard InChI is InChI=1S/C21H17Cl5N2O2/c22-11-6-10(7-12(23)8-11)17-18(21(17,25)26)20(30)28-14-4-5-16(24)15(9-14)19(29)27-13-2-1-3-13/h4-9,13,17-18H,1-3H2,(H,27,29)(H,28,30)/t17-,18+/m0/s1. The highest BCUT2D eigenvalue weighted by Gasteiger charge is 2.67. The smallest absolute Gasteiger partial charge is 0.253 e. The highest BCUT2D eigenvalue weighted by molar-refractivity contribution is 6.53. The molecule has 2 N–H and O–H groups in total. The molecule has 0 aliphatic heterocycles. The van der Waals surface area contributed by atoms with Gasteiger partial charge in [-0.1, -0.05) is 34.8 Å². The first-order valence-corrected chi connectivity index (χ1v) is 11.3. The maximum Gasteiger partial charge on any atom is 0.253 e. The predicted molar refractivity (Wildman–Crippen MR) is 122 cm³/mol. The average Bonchev–Trinajstić information content (AvgIpc) is 3.21. The molecule has 0 aromatic heterocycles. The van der Waals surface area contributed by atoms with Crippen LogP contribution in [0, 0.1) is 5.92 Å². The lowest BCUT2D eigenvalue weighted by molar-refractivity contribution is -0.117. The number of alkyl halides is 2. The van der Waals surface area contributed by atoms with Crippen molar-refractivity contribution in [3.05, 3.63) is 62.6 Å². The van der Waals surface area contributed by atoms with Crippen LogP contribution < -0.4 is 10.6 Å². The number of amides is 2. The molecule has 0 bridgehead atoms. The summed E-state index contributed by atoms with van der Waals surface area (Å²) in [6.45, 7) is 0. The van der Waals surface area contributed by atoms with E-state index in [1.807, 2.05) is 0 Å². The Labute approximate surface area is 199 Å². The van der Waals surface area contributed by atoms with E-state index in [9.17, 15) is 9.59 Å². The third kappa shape index (κ3) is 4.39. The molecule has 2 saturated carbocycles. The quantitative estimate of drug-likeness (QED) is 0.458. The number of halogens is 5. The molecule has 30 heavy (non-hydrogen) atoms. The zero-order chi connectivity index (χ0) is 21.6. The minimum absolute atomic E-state index is 0.177. The van der Waals surface area contributed by atoms with E-state index in [0.717, 1.165) is 19.3 Å². The summed E-state index contributed by atoms with van der Waals surface area (Å²) in [5, 5.41) is 6.90. The van der Waals surface area contributed by atoms with E-state index in [2.05, 4.69) is 10.6 Å². The van der Waals surface area contributed by atoms with Gasteiger partial charge in [-0.25, -0.2) is 0 Å². The SMILES string of the molecule is O=C(NC1CCC1)c1cc(NC(=O)[C@H]2[C@H](c3cc(Cl)cc(Cl)c3)C2(Cl)Cl)ccc1Cl. The summed E-state index contributed by atoms with van der Waals surface area (Å²) in [4.78, 5) is 25.3. The van der Waals surface area contributed by atoms with Crippen molar-refractivity contribution in [3.8, 4) is 0 Å². The van der Waals surface area contributed by atoms with Crippen LogP contribution in [-0.4, -0.2) is 22.2 Å². The number of hydrogen-bond acceptors (Lipinski definition) is 2. The van der Waals surface area contributed by atoms with Crippen molar-refractivity contribution < 1.29 is 9.59 Å². The van der Waals surface area contributed by atoms with Crippen molar-refractivity contribution in [1.82, 2.24) is 5.32 Å². The van der Waals surface area contributed by atoms with Gasteiger partial charge in [-0.2, -0.15) is 0 Å². The van der Waals surface area contributed by atoms with Crippen LogP contribution in [0.5, 0.6) is 0 Å². The van der Waals surface area contributed by atoms with Crippen molar-refractivity contribution in [3.63, 3.8) is 0 Å². The molecular weight excluding hydrogens is 490 g/mol. The number of benzene rings is 2. The number of nitrogens with one attached hydrogen (secondary N) is 2. The van der Waals surface area contributed by atoms with E-state index in [-0.39, 0.29) is 17.9 Å². The third-order valence-corrected chi connectivity index (χ3v) is 7.21. The van der Waals surface area contributed by atoms with Gasteiger partial charge < -0.3 is 10.6 Å². The highest BCUT2D eigenvalue weighted by Crippen LogP contribution is 2.65. The summed E-state index contributed by atoms with van der Waals surface area (Å²) in [5.41, 5.74) is 1.43. The van der Waals surface area contributed by atoms with E-state index < -0.39 is 16.2 Å². The van der Waals surface area contributed by atoms with E-state index >= 15 is 0 Å². The maximum absolute atomic E-state index is 12.9. The first kappa shape index (κ1) is 22.0. The summed E-state index contributed by atoms with van der Waals surface area (Å²) < 4.78 is -1.28. The van der Waals surface area contributed by atoms with Crippen LogP contribution in [0.15, 0.2) is 36.4 Å². The molecule has 2 aliphatic rings. The molecule has 0 heterocycles. The summed E-state index contributed by atoms with van der Waals surface area (Å²) in [6, 6.07) is 9.90. The molecule has 2 fully saturated rings. The molecule has 4 rings (SSSR count). The number of carbonyl (C=O) groups is 2. The number of anilines is 1. The second-order valence-electron chi connectivity index (χ2n) is 7.62. The summed E-state index contributed by atoms with van der Waals surface area (Å²) in [7, 11) is 0. The van der Waals surface area contributed by atoms with E-state index in [0.29, 0.717) is 31.9 Å². The fourth-order valence-electron chi connectivity index (χ4n) is 3.64. The van der Waals surface area contributed by atoms with Crippen LogP contribution >= 0.6 is 58.0 Å². The number of carbonyl (C=O) groups excluding carboxylic acids is 2. The van der Waals surface area contributed by atoms with Crippen LogP contribution in [0.1, 0.15) is 41.1 Å². The normalized spacial score (nSPS) is 22.2. The summed E-state index contributed by atoms with van der Waals surface area (Å²) >= 11 is 31.1. The zero-order valence-electron chi connectivity index (χ0n) is 15.5. The van der Waals surface area contributed by atoms with Crippen molar-refractivity contribution >= 4 is 75.5 Å². The Bertz CT molecular complexity index is 1000. The minimum atomic E-state index is -1.28. The van der Waals surface area contributed by atoms with E-state index in [1.54, 1.807) is 36.4 Å². The monoisotopic (exact) mass is 504 g/mol. The number of hydrogen-bond donors (Lipinski definition) is 2. The van der Waals surface area contributed by atoms with Gasteiger partial charge >= 0.3 is 0 Å². The molecule has 0 radical (unpaired) electrons. The van der Waals surface area contributed by atoms with Crippen molar-refractivity contribution in [1.29, 1.82) is 0 Å². The van der Waals surface area contributed by atoms with Gasteiger partial charge in [-0.05, 0) is 61.2 Å². The summed E-state index contributed by atoms with van der Waals surface area (Å²) in [5.74, 6) is -1.78. The lowest BCUT2D eigenvalue weighted by Crippen LogP contribution is -2.39. The molecule has 0 spiro atoms. The Balaban J connectivity index is 1.49. The minimum Gasteiger partial charge on any atom is -0.349 e. The van der Waals surface area contributed by atoms with Gasteiger partial charge in [0, 0.05) is 27.7 Å². The van der Waals surface area contributed by atoms with Gasteiger partial charge in [0.15, 0.2) is 0 Å². The Kier molecular flexibility index (Phi) is 6.17. The molecule has 2 aliphatic carbocycles. The topological polar surface area (TPSA) is 58.2 Å². The molecule has 0 unspecified atom stereocenters. The average molecular weight is 507 g/mol. The highest BCUT2D eigenvalue weighted by atomic mass is 35.5. The van der Waals surface area contributed by atoms with E-state index in [4.69, 9.17) is 58.0 Å². The lowest BCUT2D eigenvalue weighted by Gasteiger charge is -2.26. The van der Waals surface area contributed by atoms with Gasteiger partial charge in [0.25, 0.3) is 5.91 Å². The molecule has 4 nitrogen and oxygen atoms in total. The molecule has 0 saturated heterocycles. The molecule has 2 amide bonds. The lowest BCUT2D eigenvalue weighted by atomic mass is 9.93. The zero-order valence-corrected chi connectivity index (χ0v) is 19.3. The molecule has 9 heteroatoms. The van der Waals surface area contributed by atoms with Gasteiger partial charge in [0.2, 0.25) is 5.91 Å². The predicted octanol–water partition coefficient (Wildman–Crippen LogP) is 6.46. The van der Waals surface area contributed by atoms with Crippen LogP contribution in [0.3, 0.4) is 0 Å². The first-order valence-electron chi connectivity index (χ1n) is 9.42. The van der Waals surface area contributed by atoms with Crippen LogP contribution in [0.4, 0.5) is 5.69 Å². The maximum atomic E-state index is 12.9. The molecular formula is C21H17Cl5N2O2. The molecule has 2 aromatic carbocycles. The van der Waals surface area contributed by atoms with Crippen molar-refractivity contribution in [2.45, 2.75) is 35.6 Å². The van der Waals surface area contributed by atoms with Crippen LogP contribution in [-0.2, 0) is 4.79 Å². The second kappa shape index (κ2) is 8.40. The van der Waals surface area contributed by atoms with Gasteiger partial charge in [-0.15, -0.1) is 23.2 Å². The largest absolute Gasteiger partial charge is 0.349 e.